The summed E-state index contributed by atoms with van der Waals surface area (Å²) in [4.78, 5) is 11.6. The average Bonchev–Trinajstić information content (AvgIpc) is 2.34. The number of aryl methyl sites for hydroxylation is 2. The van der Waals surface area contributed by atoms with Crippen LogP contribution in [0.25, 0.3) is 0 Å². The van der Waals surface area contributed by atoms with E-state index in [4.69, 9.17) is 10.6 Å². The minimum absolute atomic E-state index is 0.296. The first-order chi connectivity index (χ1) is 8.49. The molecule has 1 unspecified atom stereocenters. The molecule has 0 aromatic heterocycles. The van der Waals surface area contributed by atoms with Crippen LogP contribution in [0.1, 0.15) is 30.9 Å². The Labute approximate surface area is 116 Å². The number of hydrogen-bond donors (Lipinski definition) is 2. The second-order valence-electron chi connectivity index (χ2n) is 4.27. The molecule has 0 aliphatic rings. The SMILES string of the molecule is CCCC(Oc1cc(C)c(Br)c(C)c1)C(=O)NN. The number of carbonyl (C=O) groups excluding carboxylic acids is 1. The van der Waals surface area contributed by atoms with Crippen LogP contribution in [0.2, 0.25) is 0 Å². The van der Waals surface area contributed by atoms with Crippen LogP contribution in [0, 0.1) is 13.8 Å². The summed E-state index contributed by atoms with van der Waals surface area (Å²) < 4.78 is 6.77. The van der Waals surface area contributed by atoms with Gasteiger partial charge in [-0.2, -0.15) is 0 Å². The van der Waals surface area contributed by atoms with E-state index >= 15 is 0 Å². The number of carbonyl (C=O) groups is 1. The zero-order valence-corrected chi connectivity index (χ0v) is 12.5. The highest BCUT2D eigenvalue weighted by atomic mass is 79.9. The third-order valence-corrected chi connectivity index (χ3v) is 3.92. The van der Waals surface area contributed by atoms with Crippen molar-refractivity contribution >= 4 is 21.8 Å². The summed E-state index contributed by atoms with van der Waals surface area (Å²) in [6.07, 6.45) is 0.948. The Kier molecular flexibility index (Phi) is 5.62. The molecule has 0 saturated carbocycles. The number of nitrogens with two attached hydrogens (primary N) is 1. The maximum atomic E-state index is 11.6. The number of nitrogens with one attached hydrogen (secondary N) is 1. The molecule has 0 spiro atoms. The van der Waals surface area contributed by atoms with E-state index in [0.717, 1.165) is 22.0 Å². The van der Waals surface area contributed by atoms with Gasteiger partial charge in [-0.05, 0) is 43.5 Å². The van der Waals surface area contributed by atoms with Crippen molar-refractivity contribution in [3.05, 3.63) is 27.7 Å². The minimum atomic E-state index is -0.542. The Morgan fingerprint density at radius 1 is 1.44 bits per heavy atom. The number of hydrogen-bond acceptors (Lipinski definition) is 3. The highest BCUT2D eigenvalue weighted by molar-refractivity contribution is 9.10. The zero-order chi connectivity index (χ0) is 13.7. The molecule has 0 radical (unpaired) electrons. The van der Waals surface area contributed by atoms with Gasteiger partial charge in [0.25, 0.3) is 5.91 Å². The summed E-state index contributed by atoms with van der Waals surface area (Å²) in [7, 11) is 0. The molecular weight excluding hydrogens is 296 g/mol. The van der Waals surface area contributed by atoms with Gasteiger partial charge >= 0.3 is 0 Å². The molecule has 0 heterocycles. The van der Waals surface area contributed by atoms with E-state index in [1.807, 2.05) is 32.9 Å². The van der Waals surface area contributed by atoms with Crippen molar-refractivity contribution in [2.75, 3.05) is 0 Å². The van der Waals surface area contributed by atoms with Gasteiger partial charge in [-0.1, -0.05) is 29.3 Å². The monoisotopic (exact) mass is 314 g/mol. The van der Waals surface area contributed by atoms with Crippen molar-refractivity contribution in [1.29, 1.82) is 0 Å². The average molecular weight is 315 g/mol. The molecule has 100 valence electrons. The van der Waals surface area contributed by atoms with Crippen LogP contribution in [0.4, 0.5) is 0 Å². The van der Waals surface area contributed by atoms with Gasteiger partial charge in [0.05, 0.1) is 0 Å². The lowest BCUT2D eigenvalue weighted by molar-refractivity contribution is -0.128. The number of ether oxygens (including phenoxy) is 1. The standard InChI is InChI=1S/C13H19BrN2O2/c1-4-5-11(13(17)16-15)18-10-6-8(2)12(14)9(3)7-10/h6-7,11H,4-5,15H2,1-3H3,(H,16,17). The molecule has 0 bridgehead atoms. The molecule has 0 saturated heterocycles. The van der Waals surface area contributed by atoms with Crippen molar-refractivity contribution < 1.29 is 9.53 Å². The molecule has 3 N–H and O–H groups in total. The second-order valence-corrected chi connectivity index (χ2v) is 5.07. The molecule has 18 heavy (non-hydrogen) atoms. The summed E-state index contributed by atoms with van der Waals surface area (Å²) in [6, 6.07) is 3.81. The zero-order valence-electron chi connectivity index (χ0n) is 10.9. The third kappa shape index (κ3) is 3.71. The lowest BCUT2D eigenvalue weighted by Gasteiger charge is -2.18. The maximum absolute atomic E-state index is 11.6. The van der Waals surface area contributed by atoms with Crippen LogP contribution >= 0.6 is 15.9 Å². The Morgan fingerprint density at radius 3 is 2.44 bits per heavy atom. The topological polar surface area (TPSA) is 64.3 Å². The Balaban J connectivity index is 2.90. The van der Waals surface area contributed by atoms with Crippen LogP contribution in [-0.4, -0.2) is 12.0 Å². The fraction of sp³-hybridized carbons (Fsp3) is 0.462. The Bertz CT molecular complexity index is 412. The van der Waals surface area contributed by atoms with Gasteiger partial charge in [0.1, 0.15) is 5.75 Å². The molecule has 1 aromatic carbocycles. The van der Waals surface area contributed by atoms with E-state index < -0.39 is 6.10 Å². The summed E-state index contributed by atoms with van der Waals surface area (Å²) in [5.74, 6) is 5.55. The van der Waals surface area contributed by atoms with Gasteiger partial charge in [0.15, 0.2) is 6.10 Å². The van der Waals surface area contributed by atoms with E-state index in [1.54, 1.807) is 0 Å². The molecular formula is C13H19BrN2O2. The van der Waals surface area contributed by atoms with E-state index in [9.17, 15) is 4.79 Å². The first-order valence-corrected chi connectivity index (χ1v) is 6.72. The fourth-order valence-corrected chi connectivity index (χ4v) is 1.97. The number of halogens is 1. The molecule has 0 fully saturated rings. The van der Waals surface area contributed by atoms with Gasteiger partial charge in [-0.25, -0.2) is 5.84 Å². The van der Waals surface area contributed by atoms with Crippen LogP contribution in [0.15, 0.2) is 16.6 Å². The lowest BCUT2D eigenvalue weighted by atomic mass is 10.1. The van der Waals surface area contributed by atoms with Gasteiger partial charge in [0.2, 0.25) is 0 Å². The van der Waals surface area contributed by atoms with Crippen LogP contribution in [0.3, 0.4) is 0 Å². The largest absolute Gasteiger partial charge is 0.481 e. The number of benzene rings is 1. The van der Waals surface area contributed by atoms with E-state index in [-0.39, 0.29) is 5.91 Å². The molecule has 1 amide bonds. The van der Waals surface area contributed by atoms with E-state index in [0.29, 0.717) is 12.2 Å². The van der Waals surface area contributed by atoms with Gasteiger partial charge < -0.3 is 4.74 Å². The van der Waals surface area contributed by atoms with Crippen molar-refractivity contribution in [1.82, 2.24) is 5.43 Å². The van der Waals surface area contributed by atoms with Crippen LogP contribution in [-0.2, 0) is 4.79 Å². The normalized spacial score (nSPS) is 12.1. The van der Waals surface area contributed by atoms with Crippen molar-refractivity contribution in [2.24, 2.45) is 5.84 Å². The van der Waals surface area contributed by atoms with E-state index in [2.05, 4.69) is 21.4 Å². The molecule has 0 aliphatic carbocycles. The number of hydrazine groups is 1. The number of rotatable bonds is 5. The van der Waals surface area contributed by atoms with Gasteiger partial charge in [0, 0.05) is 4.47 Å². The molecule has 0 aliphatic heterocycles. The summed E-state index contributed by atoms with van der Waals surface area (Å²) in [5, 5.41) is 0. The quantitative estimate of drug-likeness (QED) is 0.499. The van der Waals surface area contributed by atoms with Crippen molar-refractivity contribution in [3.63, 3.8) is 0 Å². The van der Waals surface area contributed by atoms with Gasteiger partial charge in [-0.15, -0.1) is 0 Å². The van der Waals surface area contributed by atoms with Crippen molar-refractivity contribution in [3.8, 4) is 5.75 Å². The Morgan fingerprint density at radius 2 is 2.00 bits per heavy atom. The number of amides is 1. The van der Waals surface area contributed by atoms with Crippen LogP contribution in [0.5, 0.6) is 5.75 Å². The van der Waals surface area contributed by atoms with E-state index in [1.165, 1.54) is 0 Å². The Hall–Kier alpha value is -1.07. The highest BCUT2D eigenvalue weighted by Gasteiger charge is 2.18. The molecule has 1 rings (SSSR count). The van der Waals surface area contributed by atoms with Crippen molar-refractivity contribution in [2.45, 2.75) is 39.7 Å². The predicted molar refractivity (Wildman–Crippen MR) is 75.3 cm³/mol. The molecule has 4 nitrogen and oxygen atoms in total. The lowest BCUT2D eigenvalue weighted by Crippen LogP contribution is -2.42. The first-order valence-electron chi connectivity index (χ1n) is 5.93. The second kappa shape index (κ2) is 6.75. The smallest absolute Gasteiger partial charge is 0.274 e. The fourth-order valence-electron chi connectivity index (χ4n) is 1.74. The minimum Gasteiger partial charge on any atom is -0.481 e. The molecule has 5 heteroatoms. The third-order valence-electron chi connectivity index (χ3n) is 2.67. The molecule has 1 aromatic rings. The highest BCUT2D eigenvalue weighted by Crippen LogP contribution is 2.27. The summed E-state index contributed by atoms with van der Waals surface area (Å²) in [6.45, 7) is 5.97. The summed E-state index contributed by atoms with van der Waals surface area (Å²) in [5.41, 5.74) is 4.29. The van der Waals surface area contributed by atoms with Crippen LogP contribution < -0.4 is 16.0 Å². The maximum Gasteiger partial charge on any atom is 0.274 e. The van der Waals surface area contributed by atoms with Gasteiger partial charge in [-0.3, -0.25) is 10.2 Å². The molecule has 1 atom stereocenters. The first kappa shape index (κ1) is 15.0. The summed E-state index contributed by atoms with van der Waals surface area (Å²) >= 11 is 3.50. The predicted octanol–water partition coefficient (Wildman–Crippen LogP) is 2.60.